The Morgan fingerprint density at radius 3 is 2.26 bits per heavy atom. The molecule has 1 heterocycles. The lowest BCUT2D eigenvalue weighted by molar-refractivity contribution is 0.414. The minimum atomic E-state index is 0.269. The summed E-state index contributed by atoms with van der Waals surface area (Å²) in [6.07, 6.45) is 3.94. The second kappa shape index (κ2) is 5.89. The second-order valence-electron chi connectivity index (χ2n) is 4.83. The van der Waals surface area contributed by atoms with Gasteiger partial charge in [0.15, 0.2) is 0 Å². The molecule has 0 amide bonds. The highest BCUT2D eigenvalue weighted by Gasteiger charge is 2.12. The van der Waals surface area contributed by atoms with Crippen LogP contribution < -0.4 is 10.1 Å². The maximum absolute atomic E-state index is 5.17. The summed E-state index contributed by atoms with van der Waals surface area (Å²) < 4.78 is 7.00. The van der Waals surface area contributed by atoms with Crippen LogP contribution in [0.5, 0.6) is 5.75 Å². The Morgan fingerprint density at radius 2 is 1.74 bits per heavy atom. The highest BCUT2D eigenvalue weighted by atomic mass is 16.5. The largest absolute Gasteiger partial charge is 0.497 e. The van der Waals surface area contributed by atoms with Gasteiger partial charge >= 0.3 is 0 Å². The number of nitrogens with one attached hydrogen (secondary N) is 1. The fourth-order valence-corrected chi connectivity index (χ4v) is 2.12. The number of benzene rings is 1. The van der Waals surface area contributed by atoms with Gasteiger partial charge < -0.3 is 10.1 Å². The average molecular weight is 259 g/mol. The topological polar surface area (TPSA) is 39.1 Å². The molecule has 1 aromatic carbocycles. The maximum atomic E-state index is 5.17. The number of ether oxygens (including phenoxy) is 1. The fraction of sp³-hybridized carbons (Fsp3) is 0.400. The molecule has 2 aromatic rings. The maximum Gasteiger partial charge on any atom is 0.118 e. The van der Waals surface area contributed by atoms with E-state index in [0.717, 1.165) is 5.75 Å². The Balaban J connectivity index is 2.01. The van der Waals surface area contributed by atoms with E-state index in [1.807, 2.05) is 36.3 Å². The average Bonchev–Trinajstić information content (AvgIpc) is 2.85. The normalized spacial score (nSPS) is 14.1. The van der Waals surface area contributed by atoms with Crippen molar-refractivity contribution in [1.29, 1.82) is 0 Å². The van der Waals surface area contributed by atoms with Gasteiger partial charge in [-0.1, -0.05) is 12.1 Å². The predicted molar refractivity (Wildman–Crippen MR) is 76.2 cm³/mol. The summed E-state index contributed by atoms with van der Waals surface area (Å²) >= 11 is 0. The van der Waals surface area contributed by atoms with Crippen molar-refractivity contribution >= 4 is 0 Å². The van der Waals surface area contributed by atoms with Crippen LogP contribution in [0.2, 0.25) is 0 Å². The van der Waals surface area contributed by atoms with Gasteiger partial charge in [-0.05, 0) is 31.5 Å². The molecular weight excluding hydrogens is 238 g/mol. The summed E-state index contributed by atoms with van der Waals surface area (Å²) in [6, 6.07) is 8.70. The molecule has 0 bridgehead atoms. The highest BCUT2D eigenvalue weighted by molar-refractivity contribution is 5.29. The van der Waals surface area contributed by atoms with Gasteiger partial charge in [-0.15, -0.1) is 0 Å². The van der Waals surface area contributed by atoms with Crippen molar-refractivity contribution in [3.05, 3.63) is 47.8 Å². The molecule has 0 saturated carbocycles. The molecule has 0 aliphatic carbocycles. The zero-order valence-corrected chi connectivity index (χ0v) is 11.9. The summed E-state index contributed by atoms with van der Waals surface area (Å²) in [7, 11) is 3.62. The van der Waals surface area contributed by atoms with Crippen molar-refractivity contribution in [2.75, 3.05) is 7.11 Å². The van der Waals surface area contributed by atoms with Gasteiger partial charge in [0.1, 0.15) is 5.75 Å². The SMILES string of the molecule is COc1ccc([C@H](C)NC(C)c2cnn(C)c2)cc1. The zero-order chi connectivity index (χ0) is 13.8. The Morgan fingerprint density at radius 1 is 1.11 bits per heavy atom. The summed E-state index contributed by atoms with van der Waals surface area (Å²) in [6.45, 7) is 4.31. The van der Waals surface area contributed by atoms with Crippen molar-refractivity contribution in [3.8, 4) is 5.75 Å². The quantitative estimate of drug-likeness (QED) is 0.897. The lowest BCUT2D eigenvalue weighted by Gasteiger charge is -2.19. The Kier molecular flexibility index (Phi) is 4.22. The van der Waals surface area contributed by atoms with E-state index < -0.39 is 0 Å². The van der Waals surface area contributed by atoms with Gasteiger partial charge in [0.25, 0.3) is 0 Å². The first-order valence-electron chi connectivity index (χ1n) is 6.48. The lowest BCUT2D eigenvalue weighted by Crippen LogP contribution is -2.22. The zero-order valence-electron chi connectivity index (χ0n) is 11.9. The van der Waals surface area contributed by atoms with Crippen molar-refractivity contribution in [1.82, 2.24) is 15.1 Å². The van der Waals surface area contributed by atoms with Crippen LogP contribution in [0, 0.1) is 0 Å². The molecule has 4 nitrogen and oxygen atoms in total. The molecule has 1 N–H and O–H groups in total. The molecule has 19 heavy (non-hydrogen) atoms. The first-order valence-corrected chi connectivity index (χ1v) is 6.48. The Bertz CT molecular complexity index is 518. The molecule has 0 aliphatic heterocycles. The molecule has 1 aromatic heterocycles. The number of aromatic nitrogens is 2. The molecule has 0 aliphatic rings. The van der Waals surface area contributed by atoms with E-state index in [1.165, 1.54) is 11.1 Å². The van der Waals surface area contributed by atoms with Crippen molar-refractivity contribution in [2.45, 2.75) is 25.9 Å². The van der Waals surface area contributed by atoms with E-state index in [9.17, 15) is 0 Å². The van der Waals surface area contributed by atoms with Gasteiger partial charge in [0, 0.05) is 30.9 Å². The highest BCUT2D eigenvalue weighted by Crippen LogP contribution is 2.21. The van der Waals surface area contributed by atoms with Crippen LogP contribution in [0.25, 0.3) is 0 Å². The van der Waals surface area contributed by atoms with E-state index in [-0.39, 0.29) is 12.1 Å². The Labute approximate surface area is 114 Å². The van der Waals surface area contributed by atoms with E-state index in [2.05, 4.69) is 36.4 Å². The molecule has 102 valence electrons. The minimum Gasteiger partial charge on any atom is -0.497 e. The summed E-state index contributed by atoms with van der Waals surface area (Å²) in [5, 5.41) is 7.77. The molecule has 0 fully saturated rings. The van der Waals surface area contributed by atoms with Crippen molar-refractivity contribution < 1.29 is 4.74 Å². The third-order valence-corrected chi connectivity index (χ3v) is 3.34. The van der Waals surface area contributed by atoms with Crippen molar-refractivity contribution in [2.24, 2.45) is 7.05 Å². The number of hydrogen-bond donors (Lipinski definition) is 1. The van der Waals surface area contributed by atoms with Gasteiger partial charge in [-0.2, -0.15) is 5.10 Å². The van der Waals surface area contributed by atoms with Crippen LogP contribution in [0.4, 0.5) is 0 Å². The Hall–Kier alpha value is -1.81. The van der Waals surface area contributed by atoms with Crippen LogP contribution in [0.3, 0.4) is 0 Å². The minimum absolute atomic E-state index is 0.269. The van der Waals surface area contributed by atoms with Gasteiger partial charge in [-0.3, -0.25) is 4.68 Å². The second-order valence-corrected chi connectivity index (χ2v) is 4.83. The first-order chi connectivity index (χ1) is 9.10. The predicted octanol–water partition coefficient (Wildman–Crippen LogP) is 2.84. The molecule has 0 radical (unpaired) electrons. The van der Waals surface area contributed by atoms with Crippen LogP contribution in [0.1, 0.15) is 37.1 Å². The number of rotatable bonds is 5. The number of methoxy groups -OCH3 is 1. The van der Waals surface area contributed by atoms with Crippen LogP contribution in [0.15, 0.2) is 36.7 Å². The molecule has 2 rings (SSSR count). The van der Waals surface area contributed by atoms with E-state index >= 15 is 0 Å². The van der Waals surface area contributed by atoms with E-state index in [4.69, 9.17) is 4.74 Å². The van der Waals surface area contributed by atoms with Gasteiger partial charge in [0.2, 0.25) is 0 Å². The smallest absolute Gasteiger partial charge is 0.118 e. The lowest BCUT2D eigenvalue weighted by atomic mass is 10.1. The van der Waals surface area contributed by atoms with Crippen LogP contribution in [-0.4, -0.2) is 16.9 Å². The third-order valence-electron chi connectivity index (χ3n) is 3.34. The molecular formula is C15H21N3O. The monoisotopic (exact) mass is 259 g/mol. The fourth-order valence-electron chi connectivity index (χ4n) is 2.12. The van der Waals surface area contributed by atoms with E-state index in [0.29, 0.717) is 0 Å². The third kappa shape index (κ3) is 3.35. The van der Waals surface area contributed by atoms with Gasteiger partial charge in [-0.25, -0.2) is 0 Å². The molecule has 4 heteroatoms. The molecule has 1 unspecified atom stereocenters. The van der Waals surface area contributed by atoms with Crippen molar-refractivity contribution in [3.63, 3.8) is 0 Å². The van der Waals surface area contributed by atoms with E-state index in [1.54, 1.807) is 7.11 Å². The van der Waals surface area contributed by atoms with Crippen LogP contribution in [-0.2, 0) is 7.05 Å². The number of aryl methyl sites for hydroxylation is 1. The van der Waals surface area contributed by atoms with Gasteiger partial charge in [0.05, 0.1) is 13.3 Å². The number of nitrogens with zero attached hydrogens (tertiary/aromatic N) is 2. The standard InChI is InChI=1S/C15H21N3O/c1-11(13-5-7-15(19-4)8-6-13)17-12(2)14-9-16-18(3)10-14/h5-12,17H,1-4H3/t11-,12?/m0/s1. The van der Waals surface area contributed by atoms with Crippen LogP contribution >= 0.6 is 0 Å². The molecule has 2 atom stereocenters. The number of hydrogen-bond acceptors (Lipinski definition) is 3. The summed E-state index contributed by atoms with van der Waals surface area (Å²) in [5.41, 5.74) is 2.44. The summed E-state index contributed by atoms with van der Waals surface area (Å²) in [4.78, 5) is 0. The summed E-state index contributed by atoms with van der Waals surface area (Å²) in [5.74, 6) is 0.885. The molecule has 0 saturated heterocycles. The molecule has 0 spiro atoms. The first kappa shape index (κ1) is 13.6.